The van der Waals surface area contributed by atoms with E-state index in [1.54, 1.807) is 6.26 Å². The van der Waals surface area contributed by atoms with Crippen LogP contribution in [0.3, 0.4) is 0 Å². The zero-order valence-corrected chi connectivity index (χ0v) is 19.1. The fraction of sp³-hybridized carbons (Fsp3) is 0.737. The predicted molar refractivity (Wildman–Crippen MR) is 121 cm³/mol. The molecule has 1 aliphatic heterocycles. The van der Waals surface area contributed by atoms with Crippen molar-refractivity contribution in [3.63, 3.8) is 0 Å². The number of furan rings is 1. The van der Waals surface area contributed by atoms with Gasteiger partial charge >= 0.3 is 0 Å². The van der Waals surface area contributed by atoms with Crippen molar-refractivity contribution in [1.29, 1.82) is 0 Å². The van der Waals surface area contributed by atoms with Crippen LogP contribution in [-0.4, -0.2) is 81.8 Å². The van der Waals surface area contributed by atoms with Crippen molar-refractivity contribution in [2.75, 3.05) is 66.0 Å². The first kappa shape index (κ1) is 24.2. The van der Waals surface area contributed by atoms with Gasteiger partial charge in [0.05, 0.1) is 6.26 Å². The highest BCUT2D eigenvalue weighted by atomic mass is 127. The molecule has 2 rings (SSSR count). The maximum absolute atomic E-state index is 5.59. The SMILES string of the molecule is CCNC(=NCCCOCc1ccco1)NCCN1CCCN(C)CC1.I. The van der Waals surface area contributed by atoms with E-state index in [2.05, 4.69) is 39.4 Å². The topological polar surface area (TPSA) is 65.3 Å². The van der Waals surface area contributed by atoms with Gasteiger partial charge in [0, 0.05) is 45.9 Å². The lowest BCUT2D eigenvalue weighted by Crippen LogP contribution is -2.42. The van der Waals surface area contributed by atoms with Crippen LogP contribution in [0.15, 0.2) is 27.8 Å². The summed E-state index contributed by atoms with van der Waals surface area (Å²) < 4.78 is 10.8. The van der Waals surface area contributed by atoms with Crippen molar-refractivity contribution < 1.29 is 9.15 Å². The van der Waals surface area contributed by atoms with Gasteiger partial charge in [0.1, 0.15) is 12.4 Å². The maximum atomic E-state index is 5.59. The Morgan fingerprint density at radius 3 is 2.93 bits per heavy atom. The van der Waals surface area contributed by atoms with E-state index in [0.717, 1.165) is 57.4 Å². The Kier molecular flexibility index (Phi) is 13.6. The Bertz CT molecular complexity index is 498. The first-order valence-corrected chi connectivity index (χ1v) is 9.81. The molecule has 0 aromatic carbocycles. The summed E-state index contributed by atoms with van der Waals surface area (Å²) in [6.45, 7) is 11.6. The second-order valence-corrected chi connectivity index (χ2v) is 6.67. The third-order valence-electron chi connectivity index (χ3n) is 4.42. The molecule has 27 heavy (non-hydrogen) atoms. The van der Waals surface area contributed by atoms with E-state index in [9.17, 15) is 0 Å². The van der Waals surface area contributed by atoms with Gasteiger partial charge < -0.3 is 29.6 Å². The van der Waals surface area contributed by atoms with E-state index >= 15 is 0 Å². The largest absolute Gasteiger partial charge is 0.467 e. The van der Waals surface area contributed by atoms with Gasteiger partial charge in [-0.25, -0.2) is 0 Å². The van der Waals surface area contributed by atoms with Crippen LogP contribution in [0.2, 0.25) is 0 Å². The smallest absolute Gasteiger partial charge is 0.191 e. The van der Waals surface area contributed by atoms with E-state index in [1.807, 2.05) is 12.1 Å². The van der Waals surface area contributed by atoms with Crippen LogP contribution in [0.5, 0.6) is 0 Å². The Morgan fingerprint density at radius 1 is 1.26 bits per heavy atom. The predicted octanol–water partition coefficient (Wildman–Crippen LogP) is 2.00. The number of nitrogens with one attached hydrogen (secondary N) is 2. The molecule has 0 spiro atoms. The summed E-state index contributed by atoms with van der Waals surface area (Å²) in [5.41, 5.74) is 0. The highest BCUT2D eigenvalue weighted by Gasteiger charge is 2.11. The van der Waals surface area contributed by atoms with E-state index in [-0.39, 0.29) is 24.0 Å². The third-order valence-corrected chi connectivity index (χ3v) is 4.42. The van der Waals surface area contributed by atoms with Crippen molar-refractivity contribution in [2.45, 2.75) is 26.4 Å². The van der Waals surface area contributed by atoms with Crippen LogP contribution in [0.25, 0.3) is 0 Å². The second kappa shape index (κ2) is 15.1. The summed E-state index contributed by atoms with van der Waals surface area (Å²) in [5, 5.41) is 6.75. The van der Waals surface area contributed by atoms with Crippen LogP contribution >= 0.6 is 24.0 Å². The van der Waals surface area contributed by atoms with Crippen LogP contribution in [0.4, 0.5) is 0 Å². The summed E-state index contributed by atoms with van der Waals surface area (Å²) in [7, 11) is 2.20. The molecule has 1 aliphatic rings. The molecule has 0 saturated carbocycles. The normalized spacial score (nSPS) is 16.6. The van der Waals surface area contributed by atoms with Gasteiger partial charge in [-0.2, -0.15) is 0 Å². The lowest BCUT2D eigenvalue weighted by atomic mass is 10.4. The van der Waals surface area contributed by atoms with E-state index in [1.165, 1.54) is 19.5 Å². The number of aliphatic imine (C=N–C) groups is 1. The average molecular weight is 493 g/mol. The molecular weight excluding hydrogens is 457 g/mol. The molecule has 8 heteroatoms. The van der Waals surface area contributed by atoms with E-state index in [4.69, 9.17) is 9.15 Å². The minimum Gasteiger partial charge on any atom is -0.467 e. The van der Waals surface area contributed by atoms with Crippen molar-refractivity contribution in [3.8, 4) is 0 Å². The fourth-order valence-corrected chi connectivity index (χ4v) is 2.92. The molecule has 0 radical (unpaired) electrons. The number of hydrogen-bond acceptors (Lipinski definition) is 5. The maximum Gasteiger partial charge on any atom is 0.191 e. The standard InChI is InChI=1S/C19H35N5O2.HI/c1-3-20-19(21-8-5-15-25-17-18-7-4-16-26-18)22-9-12-24-11-6-10-23(2)13-14-24;/h4,7,16H,3,5-6,8-15,17H2,1-2H3,(H2,20,21,22);1H. The van der Waals surface area contributed by atoms with Gasteiger partial charge in [0.15, 0.2) is 5.96 Å². The second-order valence-electron chi connectivity index (χ2n) is 6.67. The van der Waals surface area contributed by atoms with Gasteiger partial charge in [0.2, 0.25) is 0 Å². The Morgan fingerprint density at radius 2 is 2.15 bits per heavy atom. The van der Waals surface area contributed by atoms with Crippen molar-refractivity contribution in [1.82, 2.24) is 20.4 Å². The van der Waals surface area contributed by atoms with Crippen LogP contribution < -0.4 is 10.6 Å². The monoisotopic (exact) mass is 493 g/mol. The number of rotatable bonds is 10. The lowest BCUT2D eigenvalue weighted by Gasteiger charge is -2.21. The summed E-state index contributed by atoms with van der Waals surface area (Å²) in [6, 6.07) is 3.80. The van der Waals surface area contributed by atoms with Gasteiger partial charge in [-0.1, -0.05) is 0 Å². The molecule has 0 bridgehead atoms. The summed E-state index contributed by atoms with van der Waals surface area (Å²) in [6.07, 6.45) is 3.82. The Balaban J connectivity index is 0.00000364. The molecule has 1 aromatic rings. The first-order chi connectivity index (χ1) is 12.8. The molecule has 1 aromatic heterocycles. The molecule has 0 atom stereocenters. The third kappa shape index (κ3) is 10.9. The highest BCUT2D eigenvalue weighted by molar-refractivity contribution is 14.0. The van der Waals surface area contributed by atoms with Crippen LogP contribution in [-0.2, 0) is 11.3 Å². The molecule has 0 aliphatic carbocycles. The number of likely N-dealkylation sites (N-methyl/N-ethyl adjacent to an activating group) is 1. The lowest BCUT2D eigenvalue weighted by molar-refractivity contribution is 0.105. The number of ether oxygens (including phenoxy) is 1. The number of nitrogens with zero attached hydrogens (tertiary/aromatic N) is 3. The minimum absolute atomic E-state index is 0. The van der Waals surface area contributed by atoms with Gasteiger partial charge in [0.25, 0.3) is 0 Å². The molecule has 156 valence electrons. The van der Waals surface area contributed by atoms with Crippen molar-refractivity contribution in [2.24, 2.45) is 4.99 Å². The zero-order chi connectivity index (χ0) is 18.5. The molecule has 2 heterocycles. The Labute approximate surface area is 180 Å². The van der Waals surface area contributed by atoms with E-state index < -0.39 is 0 Å². The summed E-state index contributed by atoms with van der Waals surface area (Å²) >= 11 is 0. The molecule has 1 saturated heterocycles. The fourth-order valence-electron chi connectivity index (χ4n) is 2.92. The average Bonchev–Trinajstić information content (AvgIpc) is 3.07. The highest BCUT2D eigenvalue weighted by Crippen LogP contribution is 2.02. The van der Waals surface area contributed by atoms with Gasteiger partial charge in [-0.15, -0.1) is 24.0 Å². The summed E-state index contributed by atoms with van der Waals surface area (Å²) in [5.74, 6) is 1.76. The van der Waals surface area contributed by atoms with Gasteiger partial charge in [-0.3, -0.25) is 4.99 Å². The zero-order valence-electron chi connectivity index (χ0n) is 16.8. The van der Waals surface area contributed by atoms with E-state index in [0.29, 0.717) is 13.2 Å². The molecule has 0 amide bonds. The Hall–Kier alpha value is -0.840. The number of guanidine groups is 1. The molecule has 1 fully saturated rings. The first-order valence-electron chi connectivity index (χ1n) is 9.81. The molecule has 2 N–H and O–H groups in total. The number of hydrogen-bond donors (Lipinski definition) is 2. The number of halogens is 1. The molecular formula is C19H36IN5O2. The summed E-state index contributed by atoms with van der Waals surface area (Å²) in [4.78, 5) is 9.57. The van der Waals surface area contributed by atoms with Crippen molar-refractivity contribution in [3.05, 3.63) is 24.2 Å². The van der Waals surface area contributed by atoms with Crippen LogP contribution in [0, 0.1) is 0 Å². The van der Waals surface area contributed by atoms with Crippen LogP contribution in [0.1, 0.15) is 25.5 Å². The molecule has 7 nitrogen and oxygen atoms in total. The minimum atomic E-state index is 0. The molecule has 0 unspecified atom stereocenters. The van der Waals surface area contributed by atoms with Crippen molar-refractivity contribution >= 4 is 29.9 Å². The van der Waals surface area contributed by atoms with Gasteiger partial charge in [-0.05, 0) is 52.0 Å². The quantitative estimate of drug-likeness (QED) is 0.225.